The highest BCUT2D eigenvalue weighted by Gasteiger charge is 2.08. The second-order valence-corrected chi connectivity index (χ2v) is 5.44. The maximum atomic E-state index is 12.1. The molecule has 2 aromatic carbocycles. The van der Waals surface area contributed by atoms with Crippen LogP contribution in [0.1, 0.15) is 31.0 Å². The standard InChI is InChI=1S/C20H22N2O3/c1-3-25-19(23)14-11-16-9-12-18(13-10-16)22-20(24)21-15(2)17-7-5-4-6-8-17/h4-15H,3H2,1-2H3,(H2,21,22,24). The second kappa shape index (κ2) is 9.27. The lowest BCUT2D eigenvalue weighted by Gasteiger charge is -2.15. The molecule has 0 spiro atoms. The number of hydrogen-bond donors (Lipinski definition) is 2. The van der Waals surface area contributed by atoms with Gasteiger partial charge in [-0.15, -0.1) is 0 Å². The molecule has 0 aliphatic carbocycles. The minimum absolute atomic E-state index is 0.0898. The van der Waals surface area contributed by atoms with Gasteiger partial charge in [-0.3, -0.25) is 0 Å². The van der Waals surface area contributed by atoms with Gasteiger partial charge in [0, 0.05) is 11.8 Å². The van der Waals surface area contributed by atoms with Crippen LogP contribution in [0, 0.1) is 0 Å². The molecule has 5 nitrogen and oxygen atoms in total. The molecule has 0 saturated heterocycles. The van der Waals surface area contributed by atoms with E-state index in [1.54, 1.807) is 25.1 Å². The third kappa shape index (κ3) is 6.14. The van der Waals surface area contributed by atoms with Crippen molar-refractivity contribution in [3.63, 3.8) is 0 Å². The lowest BCUT2D eigenvalue weighted by atomic mass is 10.1. The first-order valence-electron chi connectivity index (χ1n) is 8.16. The minimum atomic E-state index is -0.376. The van der Waals surface area contributed by atoms with E-state index in [1.165, 1.54) is 6.08 Å². The Bertz CT molecular complexity index is 724. The van der Waals surface area contributed by atoms with E-state index in [2.05, 4.69) is 10.6 Å². The van der Waals surface area contributed by atoms with E-state index in [-0.39, 0.29) is 18.0 Å². The van der Waals surface area contributed by atoms with Gasteiger partial charge < -0.3 is 15.4 Å². The number of rotatable bonds is 6. The van der Waals surface area contributed by atoms with E-state index in [1.807, 2.05) is 49.4 Å². The van der Waals surface area contributed by atoms with Crippen molar-refractivity contribution in [1.29, 1.82) is 0 Å². The fraction of sp³-hybridized carbons (Fsp3) is 0.200. The van der Waals surface area contributed by atoms with Gasteiger partial charge in [-0.25, -0.2) is 9.59 Å². The molecule has 0 aliphatic heterocycles. The Morgan fingerprint density at radius 3 is 2.40 bits per heavy atom. The normalized spacial score (nSPS) is 11.8. The number of carbonyl (C=O) groups excluding carboxylic acids is 2. The molecule has 2 aromatic rings. The molecule has 5 heteroatoms. The first-order valence-corrected chi connectivity index (χ1v) is 8.16. The summed E-state index contributed by atoms with van der Waals surface area (Å²) in [4.78, 5) is 23.3. The Kier molecular flexibility index (Phi) is 6.77. The summed E-state index contributed by atoms with van der Waals surface area (Å²) in [7, 11) is 0. The molecular weight excluding hydrogens is 316 g/mol. The van der Waals surface area contributed by atoms with E-state index < -0.39 is 0 Å². The Labute approximate surface area is 147 Å². The molecule has 0 aliphatic rings. The SMILES string of the molecule is CCOC(=O)C=Cc1ccc(NC(=O)NC(C)c2ccccc2)cc1. The van der Waals surface area contributed by atoms with E-state index in [0.717, 1.165) is 11.1 Å². The zero-order chi connectivity index (χ0) is 18.1. The molecule has 0 heterocycles. The van der Waals surface area contributed by atoms with Crippen molar-refractivity contribution in [3.8, 4) is 0 Å². The first-order chi connectivity index (χ1) is 12.1. The maximum absolute atomic E-state index is 12.1. The Morgan fingerprint density at radius 1 is 1.08 bits per heavy atom. The Hall–Kier alpha value is -3.08. The monoisotopic (exact) mass is 338 g/mol. The summed E-state index contributed by atoms with van der Waals surface area (Å²) >= 11 is 0. The highest BCUT2D eigenvalue weighted by atomic mass is 16.5. The van der Waals surface area contributed by atoms with Gasteiger partial charge in [0.2, 0.25) is 0 Å². The fourth-order valence-corrected chi connectivity index (χ4v) is 2.22. The van der Waals surface area contributed by atoms with Gasteiger partial charge in [0.1, 0.15) is 0 Å². The number of urea groups is 1. The summed E-state index contributed by atoms with van der Waals surface area (Å²) in [6, 6.07) is 16.6. The minimum Gasteiger partial charge on any atom is -0.463 e. The van der Waals surface area contributed by atoms with Crippen LogP contribution in [0.25, 0.3) is 6.08 Å². The average molecular weight is 338 g/mol. The Morgan fingerprint density at radius 2 is 1.76 bits per heavy atom. The number of hydrogen-bond acceptors (Lipinski definition) is 3. The quantitative estimate of drug-likeness (QED) is 0.614. The number of nitrogens with one attached hydrogen (secondary N) is 2. The predicted molar refractivity (Wildman–Crippen MR) is 99.1 cm³/mol. The topological polar surface area (TPSA) is 67.4 Å². The number of anilines is 1. The van der Waals surface area contributed by atoms with Crippen LogP contribution in [0.5, 0.6) is 0 Å². The first kappa shape index (κ1) is 18.3. The smallest absolute Gasteiger partial charge is 0.330 e. The van der Waals surface area contributed by atoms with Gasteiger partial charge in [-0.05, 0) is 43.2 Å². The lowest BCUT2D eigenvalue weighted by molar-refractivity contribution is -0.137. The summed E-state index contributed by atoms with van der Waals surface area (Å²) in [5, 5.41) is 5.68. The van der Waals surface area contributed by atoms with Crippen LogP contribution >= 0.6 is 0 Å². The van der Waals surface area contributed by atoms with Gasteiger partial charge >= 0.3 is 12.0 Å². The lowest BCUT2D eigenvalue weighted by Crippen LogP contribution is -2.31. The molecule has 0 bridgehead atoms. The largest absolute Gasteiger partial charge is 0.463 e. The summed E-state index contributed by atoms with van der Waals surface area (Å²) in [5.74, 6) is -0.376. The number of esters is 1. The summed E-state index contributed by atoms with van der Waals surface area (Å²) in [5.41, 5.74) is 2.56. The van der Waals surface area contributed by atoms with Crippen LogP contribution < -0.4 is 10.6 Å². The zero-order valence-electron chi connectivity index (χ0n) is 14.4. The Balaban J connectivity index is 1.88. The van der Waals surface area contributed by atoms with Gasteiger partial charge in [0.05, 0.1) is 12.6 Å². The highest BCUT2D eigenvalue weighted by Crippen LogP contribution is 2.13. The molecule has 1 atom stereocenters. The molecule has 130 valence electrons. The van der Waals surface area contributed by atoms with Crippen molar-refractivity contribution in [2.75, 3.05) is 11.9 Å². The molecule has 1 unspecified atom stereocenters. The molecule has 2 amide bonds. The van der Waals surface area contributed by atoms with Crippen LogP contribution in [0.4, 0.5) is 10.5 Å². The second-order valence-electron chi connectivity index (χ2n) is 5.44. The van der Waals surface area contributed by atoms with Crippen molar-refractivity contribution < 1.29 is 14.3 Å². The summed E-state index contributed by atoms with van der Waals surface area (Å²) < 4.78 is 4.82. The maximum Gasteiger partial charge on any atom is 0.330 e. The molecule has 2 rings (SSSR count). The predicted octanol–water partition coefficient (Wildman–Crippen LogP) is 4.15. The number of ether oxygens (including phenoxy) is 1. The third-order valence-electron chi connectivity index (χ3n) is 3.51. The average Bonchev–Trinajstić information content (AvgIpc) is 2.62. The van der Waals surface area contributed by atoms with Gasteiger partial charge in [-0.1, -0.05) is 42.5 Å². The number of carbonyl (C=O) groups is 2. The number of benzene rings is 2. The molecule has 0 saturated carbocycles. The van der Waals surface area contributed by atoms with Gasteiger partial charge in [-0.2, -0.15) is 0 Å². The van der Waals surface area contributed by atoms with Crippen molar-refractivity contribution in [2.45, 2.75) is 19.9 Å². The fourth-order valence-electron chi connectivity index (χ4n) is 2.22. The van der Waals surface area contributed by atoms with Crippen molar-refractivity contribution >= 4 is 23.8 Å². The van der Waals surface area contributed by atoms with Gasteiger partial charge in [0.15, 0.2) is 0 Å². The molecule has 2 N–H and O–H groups in total. The molecule has 0 radical (unpaired) electrons. The van der Waals surface area contributed by atoms with E-state index in [9.17, 15) is 9.59 Å². The molecule has 25 heavy (non-hydrogen) atoms. The van der Waals surface area contributed by atoms with Crippen LogP contribution in [-0.4, -0.2) is 18.6 Å². The van der Waals surface area contributed by atoms with E-state index >= 15 is 0 Å². The summed E-state index contributed by atoms with van der Waals surface area (Å²) in [6.45, 7) is 4.04. The van der Waals surface area contributed by atoms with Crippen LogP contribution in [-0.2, 0) is 9.53 Å². The zero-order valence-corrected chi connectivity index (χ0v) is 14.4. The highest BCUT2D eigenvalue weighted by molar-refractivity contribution is 5.90. The van der Waals surface area contributed by atoms with Crippen LogP contribution in [0.15, 0.2) is 60.7 Å². The van der Waals surface area contributed by atoms with E-state index in [0.29, 0.717) is 12.3 Å². The summed E-state index contributed by atoms with van der Waals surface area (Å²) in [6.07, 6.45) is 3.04. The molecular formula is C20H22N2O3. The third-order valence-corrected chi connectivity index (χ3v) is 3.51. The van der Waals surface area contributed by atoms with Crippen molar-refractivity contribution in [2.24, 2.45) is 0 Å². The van der Waals surface area contributed by atoms with Gasteiger partial charge in [0.25, 0.3) is 0 Å². The van der Waals surface area contributed by atoms with E-state index in [4.69, 9.17) is 4.74 Å². The molecule has 0 fully saturated rings. The van der Waals surface area contributed by atoms with Crippen LogP contribution in [0.2, 0.25) is 0 Å². The van der Waals surface area contributed by atoms with Crippen molar-refractivity contribution in [3.05, 3.63) is 71.8 Å². The molecule has 0 aromatic heterocycles. The number of amides is 2. The van der Waals surface area contributed by atoms with Crippen LogP contribution in [0.3, 0.4) is 0 Å². The van der Waals surface area contributed by atoms with Crippen molar-refractivity contribution in [1.82, 2.24) is 5.32 Å².